The fraction of sp³-hybridized carbons (Fsp3) is 0.625. The molecule has 0 aromatic heterocycles. The third-order valence-electron chi connectivity index (χ3n) is 2.55. The van der Waals surface area contributed by atoms with Crippen LogP contribution in [0.5, 0.6) is 0 Å². The Bertz CT molecular complexity index is 488. The molecule has 1 aliphatic heterocycles. The molecule has 8 nitrogen and oxygen atoms in total. The van der Waals surface area contributed by atoms with Gasteiger partial charge in [0.05, 0.1) is 6.42 Å². The number of carbonyl (C=O) groups excluding carboxylic acids is 1. The minimum atomic E-state index is -4.96. The monoisotopic (exact) mass is 283 g/mol. The summed E-state index contributed by atoms with van der Waals surface area (Å²) in [6.45, 7) is -0.651. The molecule has 1 heterocycles. The first-order valence-electron chi connectivity index (χ1n) is 4.80. The first kappa shape index (κ1) is 14.4. The number of likely N-dealkylation sites (tertiary alicyclic amines) is 1. The first-order valence-corrected chi connectivity index (χ1v) is 6.25. The highest BCUT2D eigenvalue weighted by atomic mass is 32.3. The highest BCUT2D eigenvalue weighted by molar-refractivity contribution is 7.87. The molecule has 1 amide bonds. The summed E-state index contributed by atoms with van der Waals surface area (Å²) in [6.07, 6.45) is -1.55. The number of amides is 1. The second-order valence-corrected chi connectivity index (χ2v) is 5.42. The van der Waals surface area contributed by atoms with Gasteiger partial charge >= 0.3 is 22.2 Å². The average molecular weight is 283 g/mol. The van der Waals surface area contributed by atoms with E-state index in [9.17, 15) is 26.7 Å². The molecule has 102 valence electrons. The third kappa shape index (κ3) is 3.15. The average Bonchev–Trinajstić information content (AvgIpc) is 2.55. The van der Waals surface area contributed by atoms with Crippen molar-refractivity contribution in [1.29, 1.82) is 0 Å². The molecule has 0 aromatic rings. The van der Waals surface area contributed by atoms with Gasteiger partial charge in [-0.05, 0) is 0 Å². The lowest BCUT2D eigenvalue weighted by atomic mass is 10.2. The molecule has 1 aliphatic rings. The zero-order valence-electron chi connectivity index (χ0n) is 8.95. The van der Waals surface area contributed by atoms with Crippen molar-refractivity contribution in [3.63, 3.8) is 0 Å². The van der Waals surface area contributed by atoms with E-state index < -0.39 is 58.7 Å². The van der Waals surface area contributed by atoms with Crippen LogP contribution < -0.4 is 0 Å². The SMILES string of the molecule is O=C(O)C[C@@H](C(=O)O)N1CC(S(=O)(=O)F)CC1=O. The van der Waals surface area contributed by atoms with Gasteiger partial charge in [-0.1, -0.05) is 0 Å². The predicted octanol–water partition coefficient (Wildman–Crippen LogP) is -1.19. The van der Waals surface area contributed by atoms with E-state index >= 15 is 0 Å². The van der Waals surface area contributed by atoms with Crippen LogP contribution in [-0.4, -0.2) is 59.2 Å². The second-order valence-electron chi connectivity index (χ2n) is 3.80. The van der Waals surface area contributed by atoms with Crippen molar-refractivity contribution in [3.8, 4) is 0 Å². The van der Waals surface area contributed by atoms with Gasteiger partial charge in [0.2, 0.25) is 5.91 Å². The predicted molar refractivity (Wildman–Crippen MR) is 53.8 cm³/mol. The van der Waals surface area contributed by atoms with Crippen LogP contribution in [0, 0.1) is 0 Å². The van der Waals surface area contributed by atoms with E-state index in [-0.39, 0.29) is 0 Å². The number of carboxylic acid groups (broad SMARTS) is 2. The van der Waals surface area contributed by atoms with E-state index in [1.807, 2.05) is 0 Å². The lowest BCUT2D eigenvalue weighted by Crippen LogP contribution is -2.44. The van der Waals surface area contributed by atoms with E-state index in [1.54, 1.807) is 0 Å². The fourth-order valence-corrected chi connectivity index (χ4v) is 2.36. The standard InChI is InChI=1S/C8H10FNO7S/c9-18(16,17)4-1-6(11)10(3-4)5(8(14)15)2-7(12)13/h4-5H,1-3H2,(H,12,13)(H,14,15)/t4?,5-/m0/s1. The number of rotatable bonds is 5. The Kier molecular flexibility index (Phi) is 3.89. The van der Waals surface area contributed by atoms with Gasteiger partial charge in [-0.2, -0.15) is 8.42 Å². The van der Waals surface area contributed by atoms with Crippen LogP contribution in [0.2, 0.25) is 0 Å². The zero-order chi connectivity index (χ0) is 14.1. The van der Waals surface area contributed by atoms with Crippen molar-refractivity contribution in [1.82, 2.24) is 4.90 Å². The molecule has 0 bridgehead atoms. The van der Waals surface area contributed by atoms with Gasteiger partial charge in [-0.15, -0.1) is 3.89 Å². The van der Waals surface area contributed by atoms with Crippen molar-refractivity contribution in [2.45, 2.75) is 24.1 Å². The van der Waals surface area contributed by atoms with E-state index in [0.29, 0.717) is 4.90 Å². The number of carbonyl (C=O) groups is 3. The minimum absolute atomic E-state index is 0.568. The third-order valence-corrected chi connectivity index (χ3v) is 3.66. The summed E-state index contributed by atoms with van der Waals surface area (Å²) >= 11 is 0. The Labute approximate surface area is 101 Å². The molecule has 2 N–H and O–H groups in total. The van der Waals surface area contributed by atoms with E-state index in [0.717, 1.165) is 0 Å². The van der Waals surface area contributed by atoms with Gasteiger partial charge in [0.15, 0.2) is 0 Å². The van der Waals surface area contributed by atoms with Crippen LogP contribution in [0.25, 0.3) is 0 Å². The molecule has 10 heteroatoms. The topological polar surface area (TPSA) is 129 Å². The fourth-order valence-electron chi connectivity index (χ4n) is 1.68. The summed E-state index contributed by atoms with van der Waals surface area (Å²) in [6, 6.07) is -1.69. The van der Waals surface area contributed by atoms with Crippen molar-refractivity contribution >= 4 is 28.1 Å². The number of hydrogen-bond donors (Lipinski definition) is 2. The summed E-state index contributed by atoms with van der Waals surface area (Å²) in [4.78, 5) is 33.3. The Balaban J connectivity index is 2.91. The largest absolute Gasteiger partial charge is 0.481 e. The van der Waals surface area contributed by atoms with Gasteiger partial charge in [0.1, 0.15) is 11.3 Å². The van der Waals surface area contributed by atoms with Gasteiger partial charge in [-0.25, -0.2) is 4.79 Å². The summed E-state index contributed by atoms with van der Waals surface area (Å²) in [7, 11) is -4.96. The lowest BCUT2D eigenvalue weighted by molar-refractivity contribution is -0.153. The van der Waals surface area contributed by atoms with Crippen molar-refractivity contribution in [2.24, 2.45) is 0 Å². The molecular formula is C8H10FNO7S. The minimum Gasteiger partial charge on any atom is -0.481 e. The molecule has 1 unspecified atom stereocenters. The van der Waals surface area contributed by atoms with Crippen LogP contribution in [0.4, 0.5) is 3.89 Å². The number of aliphatic carboxylic acids is 2. The molecular weight excluding hydrogens is 273 g/mol. The van der Waals surface area contributed by atoms with Crippen molar-refractivity contribution in [2.75, 3.05) is 6.54 Å². The van der Waals surface area contributed by atoms with Crippen molar-refractivity contribution < 1.29 is 36.9 Å². The van der Waals surface area contributed by atoms with E-state index in [2.05, 4.69) is 0 Å². The maximum Gasteiger partial charge on any atom is 0.327 e. The Morgan fingerprint density at radius 2 is 2.00 bits per heavy atom. The molecule has 1 saturated heterocycles. The van der Waals surface area contributed by atoms with Crippen LogP contribution in [-0.2, 0) is 24.6 Å². The molecule has 0 radical (unpaired) electrons. The number of nitrogens with zero attached hydrogens (tertiary/aromatic N) is 1. The molecule has 1 fully saturated rings. The zero-order valence-corrected chi connectivity index (χ0v) is 9.76. The summed E-state index contributed by atoms with van der Waals surface area (Å²) in [5.41, 5.74) is 0. The highest BCUT2D eigenvalue weighted by Gasteiger charge is 2.43. The molecule has 0 aromatic carbocycles. The normalized spacial score (nSPS) is 21.9. The number of hydrogen-bond acceptors (Lipinski definition) is 5. The number of carboxylic acids is 2. The highest BCUT2D eigenvalue weighted by Crippen LogP contribution is 2.23. The van der Waals surface area contributed by atoms with Gasteiger partial charge in [-0.3, -0.25) is 9.59 Å². The summed E-state index contributed by atoms with van der Waals surface area (Å²) in [5, 5.41) is 15.7. The Hall–Kier alpha value is -1.71. The van der Waals surface area contributed by atoms with Gasteiger partial charge in [0, 0.05) is 13.0 Å². The molecule has 0 aliphatic carbocycles. The van der Waals surface area contributed by atoms with Crippen LogP contribution >= 0.6 is 0 Å². The second kappa shape index (κ2) is 4.88. The van der Waals surface area contributed by atoms with Crippen LogP contribution in [0.1, 0.15) is 12.8 Å². The summed E-state index contributed by atoms with van der Waals surface area (Å²) < 4.78 is 34.0. The molecule has 2 atom stereocenters. The van der Waals surface area contributed by atoms with Gasteiger partial charge < -0.3 is 15.1 Å². The first-order chi connectivity index (χ1) is 8.12. The summed E-state index contributed by atoms with van der Waals surface area (Å²) in [5.74, 6) is -3.93. The van der Waals surface area contributed by atoms with Crippen LogP contribution in [0.15, 0.2) is 0 Å². The van der Waals surface area contributed by atoms with Crippen molar-refractivity contribution in [3.05, 3.63) is 0 Å². The lowest BCUT2D eigenvalue weighted by Gasteiger charge is -2.22. The Morgan fingerprint density at radius 3 is 2.33 bits per heavy atom. The maximum absolute atomic E-state index is 12.7. The van der Waals surface area contributed by atoms with E-state index in [1.165, 1.54) is 0 Å². The number of halogens is 1. The molecule has 0 saturated carbocycles. The quantitative estimate of drug-likeness (QED) is 0.607. The smallest absolute Gasteiger partial charge is 0.327 e. The molecule has 0 spiro atoms. The molecule has 1 rings (SSSR count). The van der Waals surface area contributed by atoms with Crippen LogP contribution in [0.3, 0.4) is 0 Å². The molecule has 18 heavy (non-hydrogen) atoms. The van der Waals surface area contributed by atoms with E-state index in [4.69, 9.17) is 10.2 Å². The van der Waals surface area contributed by atoms with Gasteiger partial charge in [0.25, 0.3) is 0 Å². The Morgan fingerprint density at radius 1 is 1.44 bits per heavy atom. The maximum atomic E-state index is 12.7.